The van der Waals surface area contributed by atoms with Gasteiger partial charge in [0.05, 0.1) is 0 Å². The van der Waals surface area contributed by atoms with Crippen LogP contribution in [0.15, 0.2) is 24.5 Å². The fourth-order valence-electron chi connectivity index (χ4n) is 1.77. The van der Waals surface area contributed by atoms with E-state index in [2.05, 4.69) is 10.3 Å². The van der Waals surface area contributed by atoms with E-state index in [1.165, 1.54) is 0 Å². The van der Waals surface area contributed by atoms with Gasteiger partial charge in [-0.3, -0.25) is 9.78 Å². The number of rotatable bonds is 8. The number of pyridine rings is 1. The molecule has 0 unspecified atom stereocenters. The Morgan fingerprint density at radius 3 is 2.68 bits per heavy atom. The molecule has 0 aliphatic rings. The molecule has 1 aromatic rings. The molecule has 0 radical (unpaired) electrons. The van der Waals surface area contributed by atoms with Crippen molar-refractivity contribution in [2.75, 3.05) is 13.2 Å². The predicted molar refractivity (Wildman–Crippen MR) is 75.7 cm³/mol. The lowest BCUT2D eigenvalue weighted by Crippen LogP contribution is -2.26. The third-order valence-electron chi connectivity index (χ3n) is 3.17. The van der Waals surface area contributed by atoms with Crippen LogP contribution < -0.4 is 5.32 Å². The minimum atomic E-state index is -0.0538. The van der Waals surface area contributed by atoms with E-state index < -0.39 is 0 Å². The van der Waals surface area contributed by atoms with E-state index in [4.69, 9.17) is 5.11 Å². The van der Waals surface area contributed by atoms with Gasteiger partial charge < -0.3 is 10.4 Å². The second-order valence-corrected chi connectivity index (χ2v) is 5.63. The molecular formula is C15H24N2O2. The van der Waals surface area contributed by atoms with Crippen molar-refractivity contribution in [1.29, 1.82) is 0 Å². The monoisotopic (exact) mass is 264 g/mol. The molecule has 0 saturated heterocycles. The molecule has 0 bridgehead atoms. The Balaban J connectivity index is 2.12. The van der Waals surface area contributed by atoms with Crippen LogP contribution in [0.3, 0.4) is 0 Å². The van der Waals surface area contributed by atoms with Gasteiger partial charge in [0.2, 0.25) is 5.91 Å². The highest BCUT2D eigenvalue weighted by Crippen LogP contribution is 2.20. The number of carbonyl (C=O) groups is 1. The second-order valence-electron chi connectivity index (χ2n) is 5.63. The molecule has 1 aromatic heterocycles. The number of amides is 1. The molecule has 2 N–H and O–H groups in total. The molecule has 1 amide bonds. The van der Waals surface area contributed by atoms with E-state index in [1.54, 1.807) is 12.4 Å². The summed E-state index contributed by atoms with van der Waals surface area (Å²) in [5.41, 5.74) is 1.08. The van der Waals surface area contributed by atoms with Gasteiger partial charge in [0.1, 0.15) is 0 Å². The van der Waals surface area contributed by atoms with Gasteiger partial charge in [-0.2, -0.15) is 0 Å². The highest BCUT2D eigenvalue weighted by Gasteiger charge is 2.15. The van der Waals surface area contributed by atoms with Gasteiger partial charge in [-0.05, 0) is 42.4 Å². The van der Waals surface area contributed by atoms with Crippen LogP contribution >= 0.6 is 0 Å². The number of aromatic nitrogens is 1. The lowest BCUT2D eigenvalue weighted by Gasteiger charge is -2.21. The van der Waals surface area contributed by atoms with E-state index in [0.29, 0.717) is 13.0 Å². The first-order valence-electron chi connectivity index (χ1n) is 6.80. The van der Waals surface area contributed by atoms with Gasteiger partial charge >= 0.3 is 0 Å². The summed E-state index contributed by atoms with van der Waals surface area (Å²) in [7, 11) is 0. The average Bonchev–Trinajstić information content (AvgIpc) is 2.42. The van der Waals surface area contributed by atoms with Gasteiger partial charge in [0.15, 0.2) is 0 Å². The van der Waals surface area contributed by atoms with E-state index in [-0.39, 0.29) is 17.9 Å². The summed E-state index contributed by atoms with van der Waals surface area (Å²) >= 11 is 0. The van der Waals surface area contributed by atoms with Gasteiger partial charge in [-0.15, -0.1) is 0 Å². The molecule has 19 heavy (non-hydrogen) atoms. The summed E-state index contributed by atoms with van der Waals surface area (Å²) in [6, 6.07) is 3.86. The molecule has 1 heterocycles. The number of hydrogen-bond donors (Lipinski definition) is 2. The summed E-state index contributed by atoms with van der Waals surface area (Å²) in [6.07, 6.45) is 6.54. The maximum atomic E-state index is 11.6. The molecule has 0 aliphatic heterocycles. The highest BCUT2D eigenvalue weighted by molar-refractivity contribution is 5.76. The van der Waals surface area contributed by atoms with Crippen molar-refractivity contribution in [3.63, 3.8) is 0 Å². The maximum Gasteiger partial charge on any atom is 0.220 e. The number of aryl methyl sites for hydroxylation is 1. The summed E-state index contributed by atoms with van der Waals surface area (Å²) < 4.78 is 0. The van der Waals surface area contributed by atoms with Crippen LogP contribution in [0.5, 0.6) is 0 Å². The van der Waals surface area contributed by atoms with Gasteiger partial charge in [-0.1, -0.05) is 13.8 Å². The van der Waals surface area contributed by atoms with Crippen molar-refractivity contribution in [2.24, 2.45) is 5.41 Å². The fraction of sp³-hybridized carbons (Fsp3) is 0.600. The van der Waals surface area contributed by atoms with E-state index in [0.717, 1.165) is 24.8 Å². The first-order valence-corrected chi connectivity index (χ1v) is 6.80. The third kappa shape index (κ3) is 6.91. The minimum Gasteiger partial charge on any atom is -0.396 e. The number of aliphatic hydroxyl groups is 1. The minimum absolute atomic E-state index is 0.0538. The lowest BCUT2D eigenvalue weighted by atomic mass is 9.89. The Labute approximate surface area is 115 Å². The number of carbonyl (C=O) groups excluding carboxylic acids is 1. The van der Waals surface area contributed by atoms with Crippen LogP contribution in [0.1, 0.15) is 38.7 Å². The Morgan fingerprint density at radius 1 is 1.37 bits per heavy atom. The molecule has 1 rings (SSSR count). The molecule has 106 valence electrons. The van der Waals surface area contributed by atoms with Crippen LogP contribution in [0.25, 0.3) is 0 Å². The quantitative estimate of drug-likeness (QED) is 0.705. The largest absolute Gasteiger partial charge is 0.396 e. The predicted octanol–water partition coefficient (Wildman–Crippen LogP) is 1.93. The third-order valence-corrected chi connectivity index (χ3v) is 3.17. The normalized spacial score (nSPS) is 11.3. The maximum absolute atomic E-state index is 11.6. The standard InChI is InChI=1S/C15H24N2O2/c1-15(2,12-18)8-3-9-17-14(19)5-4-13-6-10-16-11-7-13/h6-7,10-11,18H,3-5,8-9,12H2,1-2H3,(H,17,19). The number of aliphatic hydroxyl groups excluding tert-OH is 1. The smallest absolute Gasteiger partial charge is 0.220 e. The van der Waals surface area contributed by atoms with Crippen LogP contribution in [0.2, 0.25) is 0 Å². The van der Waals surface area contributed by atoms with Crippen molar-refractivity contribution in [2.45, 2.75) is 39.5 Å². The highest BCUT2D eigenvalue weighted by atomic mass is 16.3. The zero-order valence-electron chi connectivity index (χ0n) is 11.9. The zero-order chi connectivity index (χ0) is 14.1. The Kier molecular flexibility index (Phi) is 6.50. The van der Waals surface area contributed by atoms with Crippen molar-refractivity contribution >= 4 is 5.91 Å². The van der Waals surface area contributed by atoms with Crippen LogP contribution in [-0.4, -0.2) is 29.1 Å². The summed E-state index contributed by atoms with van der Waals surface area (Å²) in [5.74, 6) is 0.0821. The first-order chi connectivity index (χ1) is 9.03. The van der Waals surface area contributed by atoms with Crippen molar-refractivity contribution in [3.8, 4) is 0 Å². The summed E-state index contributed by atoms with van der Waals surface area (Å²) in [6.45, 7) is 4.91. The summed E-state index contributed by atoms with van der Waals surface area (Å²) in [4.78, 5) is 15.6. The van der Waals surface area contributed by atoms with Gasteiger partial charge in [0, 0.05) is 32.0 Å². The Hall–Kier alpha value is -1.42. The molecular weight excluding hydrogens is 240 g/mol. The van der Waals surface area contributed by atoms with Crippen LogP contribution in [0.4, 0.5) is 0 Å². The molecule has 0 spiro atoms. The first kappa shape index (κ1) is 15.6. The molecule has 0 aromatic carbocycles. The van der Waals surface area contributed by atoms with Crippen molar-refractivity contribution in [1.82, 2.24) is 10.3 Å². The Bertz CT molecular complexity index is 377. The number of nitrogens with one attached hydrogen (secondary N) is 1. The number of nitrogens with zero attached hydrogens (tertiary/aromatic N) is 1. The van der Waals surface area contributed by atoms with Crippen molar-refractivity contribution < 1.29 is 9.90 Å². The molecule has 0 saturated carbocycles. The van der Waals surface area contributed by atoms with Crippen LogP contribution in [-0.2, 0) is 11.2 Å². The molecule has 4 heteroatoms. The average molecular weight is 264 g/mol. The lowest BCUT2D eigenvalue weighted by molar-refractivity contribution is -0.121. The SMILES string of the molecule is CC(C)(CO)CCCNC(=O)CCc1ccncc1. The number of hydrogen-bond acceptors (Lipinski definition) is 3. The zero-order valence-corrected chi connectivity index (χ0v) is 11.9. The van der Waals surface area contributed by atoms with Gasteiger partial charge in [0.25, 0.3) is 0 Å². The molecule has 0 aliphatic carbocycles. The second kappa shape index (κ2) is 7.89. The molecule has 0 atom stereocenters. The molecule has 4 nitrogen and oxygen atoms in total. The summed E-state index contributed by atoms with van der Waals surface area (Å²) in [5, 5.41) is 12.0. The topological polar surface area (TPSA) is 62.2 Å². The van der Waals surface area contributed by atoms with Crippen LogP contribution in [0, 0.1) is 5.41 Å². The molecule has 0 fully saturated rings. The van der Waals surface area contributed by atoms with E-state index >= 15 is 0 Å². The van der Waals surface area contributed by atoms with Crippen molar-refractivity contribution in [3.05, 3.63) is 30.1 Å². The fourth-order valence-corrected chi connectivity index (χ4v) is 1.77. The van der Waals surface area contributed by atoms with E-state index in [9.17, 15) is 4.79 Å². The van der Waals surface area contributed by atoms with Gasteiger partial charge in [-0.25, -0.2) is 0 Å². The Morgan fingerprint density at radius 2 is 2.05 bits per heavy atom. The van der Waals surface area contributed by atoms with E-state index in [1.807, 2.05) is 26.0 Å².